The molecule has 0 aromatic carbocycles. The van der Waals surface area contributed by atoms with Crippen molar-refractivity contribution in [2.24, 2.45) is 5.90 Å². The molecule has 0 saturated heterocycles. The van der Waals surface area contributed by atoms with E-state index >= 15 is 0 Å². The molecule has 1 aliphatic rings. The third kappa shape index (κ3) is 3.35. The second-order valence-electron chi connectivity index (χ2n) is 5.26. The average molecular weight is 230 g/mol. The molecular formula is C11H22N2O3. The Morgan fingerprint density at radius 3 is 2.50 bits per heavy atom. The molecule has 94 valence electrons. The van der Waals surface area contributed by atoms with E-state index in [1.54, 1.807) is 11.9 Å². The molecule has 1 aliphatic carbocycles. The van der Waals surface area contributed by atoms with Crippen LogP contribution in [0, 0.1) is 0 Å². The molecule has 5 heteroatoms. The molecular weight excluding hydrogens is 208 g/mol. The highest BCUT2D eigenvalue weighted by Crippen LogP contribution is 2.26. The van der Waals surface area contributed by atoms with Crippen molar-refractivity contribution in [3.8, 4) is 0 Å². The van der Waals surface area contributed by atoms with Gasteiger partial charge in [-0.05, 0) is 40.0 Å². The van der Waals surface area contributed by atoms with Crippen LogP contribution in [0.1, 0.15) is 40.0 Å². The molecule has 0 heterocycles. The summed E-state index contributed by atoms with van der Waals surface area (Å²) < 4.78 is 5.30. The lowest BCUT2D eigenvalue weighted by Gasteiger charge is -2.30. The Morgan fingerprint density at radius 1 is 1.38 bits per heavy atom. The van der Waals surface area contributed by atoms with Crippen LogP contribution in [0.4, 0.5) is 4.79 Å². The minimum absolute atomic E-state index is 0.0276. The van der Waals surface area contributed by atoms with Gasteiger partial charge in [-0.1, -0.05) is 0 Å². The van der Waals surface area contributed by atoms with E-state index < -0.39 is 5.60 Å². The highest BCUT2D eigenvalue weighted by Gasteiger charge is 2.35. The number of amides is 1. The zero-order valence-corrected chi connectivity index (χ0v) is 10.5. The SMILES string of the molecule is CN(C(=O)OC(C)(C)C)[C@H]1CCC[C@H]1ON. The smallest absolute Gasteiger partial charge is 0.410 e. The molecule has 0 spiro atoms. The highest BCUT2D eigenvalue weighted by molar-refractivity contribution is 5.68. The fraction of sp³-hybridized carbons (Fsp3) is 0.909. The Labute approximate surface area is 96.8 Å². The first-order valence-corrected chi connectivity index (χ1v) is 5.66. The van der Waals surface area contributed by atoms with Crippen molar-refractivity contribution in [1.82, 2.24) is 4.90 Å². The van der Waals surface area contributed by atoms with Gasteiger partial charge in [-0.15, -0.1) is 0 Å². The first-order chi connectivity index (χ1) is 7.35. The maximum atomic E-state index is 11.8. The van der Waals surface area contributed by atoms with Gasteiger partial charge in [-0.2, -0.15) is 0 Å². The Kier molecular flexibility index (Phi) is 4.15. The average Bonchev–Trinajstić information content (AvgIpc) is 2.61. The van der Waals surface area contributed by atoms with Crippen LogP contribution in [-0.2, 0) is 9.57 Å². The van der Waals surface area contributed by atoms with Crippen LogP contribution in [0.5, 0.6) is 0 Å². The van der Waals surface area contributed by atoms with E-state index in [-0.39, 0.29) is 18.2 Å². The predicted octanol–water partition coefficient (Wildman–Crippen LogP) is 1.66. The summed E-state index contributed by atoms with van der Waals surface area (Å²) in [6.45, 7) is 5.55. The van der Waals surface area contributed by atoms with Crippen molar-refractivity contribution in [3.05, 3.63) is 0 Å². The minimum Gasteiger partial charge on any atom is -0.444 e. The topological polar surface area (TPSA) is 64.8 Å². The quantitative estimate of drug-likeness (QED) is 0.733. The number of rotatable bonds is 2. The standard InChI is InChI=1S/C11H22N2O3/c1-11(2,3)15-10(14)13(4)8-6-5-7-9(8)16-12/h8-9H,5-7,12H2,1-4H3/t8-,9+/m0/s1. The number of nitrogens with two attached hydrogens (primary N) is 1. The third-order valence-electron chi connectivity index (χ3n) is 2.77. The van der Waals surface area contributed by atoms with Gasteiger partial charge in [0.1, 0.15) is 5.60 Å². The van der Waals surface area contributed by atoms with Gasteiger partial charge in [0.15, 0.2) is 0 Å². The molecule has 2 N–H and O–H groups in total. The maximum Gasteiger partial charge on any atom is 0.410 e. The minimum atomic E-state index is -0.469. The van der Waals surface area contributed by atoms with E-state index in [1.807, 2.05) is 20.8 Å². The van der Waals surface area contributed by atoms with Crippen LogP contribution in [0.25, 0.3) is 0 Å². The number of hydrogen-bond donors (Lipinski definition) is 1. The molecule has 0 aromatic heterocycles. The molecule has 0 radical (unpaired) electrons. The van der Waals surface area contributed by atoms with Gasteiger partial charge in [0.05, 0.1) is 12.1 Å². The zero-order chi connectivity index (χ0) is 12.3. The van der Waals surface area contributed by atoms with Crippen molar-refractivity contribution >= 4 is 6.09 Å². The highest BCUT2D eigenvalue weighted by atomic mass is 16.6. The maximum absolute atomic E-state index is 11.8. The predicted molar refractivity (Wildman–Crippen MR) is 60.7 cm³/mol. The van der Waals surface area contributed by atoms with Crippen LogP contribution >= 0.6 is 0 Å². The lowest BCUT2D eigenvalue weighted by Crippen LogP contribution is -2.45. The van der Waals surface area contributed by atoms with E-state index in [4.69, 9.17) is 15.5 Å². The van der Waals surface area contributed by atoms with E-state index in [9.17, 15) is 4.79 Å². The summed E-state index contributed by atoms with van der Waals surface area (Å²) in [6.07, 6.45) is 2.45. The number of nitrogens with zero attached hydrogens (tertiary/aromatic N) is 1. The molecule has 2 atom stereocenters. The normalized spacial score (nSPS) is 25.6. The van der Waals surface area contributed by atoms with Crippen LogP contribution < -0.4 is 5.90 Å². The first-order valence-electron chi connectivity index (χ1n) is 5.66. The Bertz CT molecular complexity index is 250. The number of hydrogen-bond acceptors (Lipinski definition) is 4. The number of carbonyl (C=O) groups is 1. The van der Waals surface area contributed by atoms with E-state index in [0.717, 1.165) is 19.3 Å². The Hall–Kier alpha value is -0.810. The van der Waals surface area contributed by atoms with Crippen molar-refractivity contribution in [1.29, 1.82) is 0 Å². The van der Waals surface area contributed by atoms with Gasteiger partial charge < -0.3 is 9.64 Å². The summed E-state index contributed by atoms with van der Waals surface area (Å²) in [6, 6.07) is 0.0276. The number of ether oxygens (including phenoxy) is 1. The van der Waals surface area contributed by atoms with Crippen molar-refractivity contribution in [2.45, 2.75) is 57.8 Å². The summed E-state index contributed by atoms with van der Waals surface area (Å²) in [4.78, 5) is 18.3. The summed E-state index contributed by atoms with van der Waals surface area (Å²) in [5, 5.41) is 0. The third-order valence-corrected chi connectivity index (χ3v) is 2.77. The fourth-order valence-electron chi connectivity index (χ4n) is 1.98. The molecule has 0 bridgehead atoms. The number of carbonyl (C=O) groups excluding carboxylic acids is 1. The van der Waals surface area contributed by atoms with Gasteiger partial charge in [0.2, 0.25) is 0 Å². The molecule has 1 fully saturated rings. The van der Waals surface area contributed by atoms with Crippen molar-refractivity contribution in [2.75, 3.05) is 7.05 Å². The molecule has 5 nitrogen and oxygen atoms in total. The van der Waals surface area contributed by atoms with Gasteiger partial charge >= 0.3 is 6.09 Å². The molecule has 0 unspecified atom stereocenters. The van der Waals surface area contributed by atoms with Gasteiger partial charge in [-0.25, -0.2) is 10.7 Å². The fourth-order valence-corrected chi connectivity index (χ4v) is 1.98. The summed E-state index contributed by atoms with van der Waals surface area (Å²) in [7, 11) is 1.73. The van der Waals surface area contributed by atoms with Crippen molar-refractivity contribution in [3.63, 3.8) is 0 Å². The van der Waals surface area contributed by atoms with Crippen LogP contribution in [-0.4, -0.2) is 35.8 Å². The van der Waals surface area contributed by atoms with Gasteiger partial charge in [-0.3, -0.25) is 4.84 Å². The van der Waals surface area contributed by atoms with E-state index in [1.165, 1.54) is 0 Å². The molecule has 0 aliphatic heterocycles. The van der Waals surface area contributed by atoms with Crippen LogP contribution in [0.3, 0.4) is 0 Å². The number of likely N-dealkylation sites (N-methyl/N-ethyl adjacent to an activating group) is 1. The second kappa shape index (κ2) is 5.01. The van der Waals surface area contributed by atoms with E-state index in [0.29, 0.717) is 0 Å². The van der Waals surface area contributed by atoms with Crippen molar-refractivity contribution < 1.29 is 14.4 Å². The van der Waals surface area contributed by atoms with Crippen LogP contribution in [0.2, 0.25) is 0 Å². The first kappa shape index (κ1) is 13.3. The molecule has 1 amide bonds. The summed E-state index contributed by atoms with van der Waals surface area (Å²) >= 11 is 0. The second-order valence-corrected chi connectivity index (χ2v) is 5.26. The zero-order valence-electron chi connectivity index (χ0n) is 10.5. The Balaban J connectivity index is 2.56. The molecule has 1 rings (SSSR count). The monoisotopic (exact) mass is 230 g/mol. The van der Waals surface area contributed by atoms with Gasteiger partial charge in [0, 0.05) is 7.05 Å². The van der Waals surface area contributed by atoms with Gasteiger partial charge in [0.25, 0.3) is 0 Å². The summed E-state index contributed by atoms with van der Waals surface area (Å²) in [5.74, 6) is 5.21. The largest absolute Gasteiger partial charge is 0.444 e. The molecule has 1 saturated carbocycles. The van der Waals surface area contributed by atoms with E-state index in [2.05, 4.69) is 0 Å². The Morgan fingerprint density at radius 2 is 2.00 bits per heavy atom. The van der Waals surface area contributed by atoms with Crippen LogP contribution in [0.15, 0.2) is 0 Å². The lowest BCUT2D eigenvalue weighted by molar-refractivity contribution is -0.0143. The molecule has 0 aromatic rings. The summed E-state index contributed by atoms with van der Waals surface area (Å²) in [5.41, 5.74) is -0.469. The molecule has 16 heavy (non-hydrogen) atoms. The lowest BCUT2D eigenvalue weighted by atomic mass is 10.2.